The number of aromatic nitrogens is 2. The predicted molar refractivity (Wildman–Crippen MR) is 133 cm³/mol. The van der Waals surface area contributed by atoms with Gasteiger partial charge in [-0.1, -0.05) is 12.1 Å². The van der Waals surface area contributed by atoms with E-state index in [0.29, 0.717) is 28.5 Å². The zero-order valence-corrected chi connectivity index (χ0v) is 21.1. The van der Waals surface area contributed by atoms with Crippen molar-refractivity contribution >= 4 is 28.8 Å². The average molecular weight is 519 g/mol. The van der Waals surface area contributed by atoms with Crippen LogP contribution < -0.4 is 14.2 Å². The number of nitrogens with one attached hydrogen (secondary N) is 1. The van der Waals surface area contributed by atoms with Crippen LogP contribution in [0.4, 0.5) is 5.69 Å². The van der Waals surface area contributed by atoms with Crippen LogP contribution in [-0.2, 0) is 18.6 Å². The number of nitrogens with zero attached hydrogens (tertiary/aromatic N) is 3. The van der Waals surface area contributed by atoms with E-state index in [9.17, 15) is 4.79 Å². The first-order valence-electron chi connectivity index (χ1n) is 11.6. The Bertz CT molecular complexity index is 1400. The number of carbonyl (C=O) groups is 1. The molecule has 8 nitrogen and oxygen atoms in total. The topological polar surface area (TPSA) is 89.0 Å². The molecule has 1 atom stereocenters. The number of imidazole rings is 1. The molecule has 0 aliphatic carbocycles. The van der Waals surface area contributed by atoms with Crippen LogP contribution in [0, 0.1) is 0 Å². The molecule has 1 saturated heterocycles. The molecule has 4 aromatic rings. The molecule has 0 bridgehead atoms. The van der Waals surface area contributed by atoms with Crippen molar-refractivity contribution in [1.29, 1.82) is 0 Å². The van der Waals surface area contributed by atoms with Gasteiger partial charge in [0.2, 0.25) is 6.79 Å². The van der Waals surface area contributed by atoms with Crippen LogP contribution in [0.25, 0.3) is 22.4 Å². The van der Waals surface area contributed by atoms with Gasteiger partial charge in [-0.05, 0) is 55.3 Å². The number of aliphatic imine (C=N–C) groups is 1. The molecule has 2 aliphatic rings. The number of fused-ring (bicyclic) bond motifs is 3. The number of hydrogen-bond acceptors (Lipinski definition) is 6. The molecule has 6 rings (SSSR count). The smallest absolute Gasteiger partial charge is 0.256 e. The van der Waals surface area contributed by atoms with E-state index in [1.807, 2.05) is 59.6 Å². The number of aromatic amines is 1. The molecule has 1 amide bonds. The van der Waals surface area contributed by atoms with E-state index in [1.54, 1.807) is 19.2 Å². The molecule has 181 valence electrons. The molecule has 1 N–H and O–H groups in total. The summed E-state index contributed by atoms with van der Waals surface area (Å²) in [5.41, 5.74) is 3.99. The van der Waals surface area contributed by atoms with Crippen molar-refractivity contribution in [3.63, 3.8) is 0 Å². The normalized spacial score (nSPS) is 16.2. The van der Waals surface area contributed by atoms with E-state index in [-0.39, 0.29) is 37.3 Å². The fraction of sp³-hybridized carbons (Fsp3) is 0.222. The number of methoxy groups -OCH3 is 1. The molecule has 0 saturated carbocycles. The molecular formula is C27H24N4O4V. The van der Waals surface area contributed by atoms with Gasteiger partial charge in [-0.25, -0.2) is 4.98 Å². The Balaban J connectivity index is 0.00000267. The number of hydrogen-bond donors (Lipinski definition) is 1. The summed E-state index contributed by atoms with van der Waals surface area (Å²) < 4.78 is 17.1. The zero-order chi connectivity index (χ0) is 23.8. The minimum absolute atomic E-state index is 0. The first-order valence-corrected chi connectivity index (χ1v) is 11.6. The number of benzene rings is 3. The maximum absolute atomic E-state index is 13.0. The van der Waals surface area contributed by atoms with E-state index >= 15 is 0 Å². The van der Waals surface area contributed by atoms with Crippen LogP contribution in [-0.4, -0.2) is 53.5 Å². The van der Waals surface area contributed by atoms with Crippen molar-refractivity contribution < 1.29 is 37.6 Å². The van der Waals surface area contributed by atoms with E-state index in [4.69, 9.17) is 14.2 Å². The van der Waals surface area contributed by atoms with Gasteiger partial charge < -0.3 is 24.1 Å². The summed E-state index contributed by atoms with van der Waals surface area (Å²) in [4.78, 5) is 27.4. The second-order valence-electron chi connectivity index (χ2n) is 8.54. The Morgan fingerprint density at radius 1 is 1.06 bits per heavy atom. The molecule has 1 fully saturated rings. The minimum Gasteiger partial charge on any atom is -0.493 e. The van der Waals surface area contributed by atoms with Crippen molar-refractivity contribution in [2.24, 2.45) is 4.99 Å². The third-order valence-electron chi connectivity index (χ3n) is 6.42. The summed E-state index contributed by atoms with van der Waals surface area (Å²) in [5.74, 6) is 2.38. The van der Waals surface area contributed by atoms with Crippen molar-refractivity contribution in [3.05, 3.63) is 66.2 Å². The van der Waals surface area contributed by atoms with Crippen LogP contribution in [0.3, 0.4) is 0 Å². The average Bonchev–Trinajstić information content (AvgIpc) is 3.52. The van der Waals surface area contributed by atoms with Crippen LogP contribution in [0.2, 0.25) is 0 Å². The SMILES string of the molecule is COc1cc2c(cc1OCOc1ccc(-c3nc4ccccc4[nH]3)cc1)N=C[C@@H]1CCCN1C2=O.[V]. The fourth-order valence-corrected chi connectivity index (χ4v) is 4.58. The number of H-pyrrole nitrogens is 1. The Kier molecular flexibility index (Phi) is 6.72. The Labute approximate surface area is 220 Å². The van der Waals surface area contributed by atoms with Crippen molar-refractivity contribution in [1.82, 2.24) is 14.9 Å². The molecular weight excluding hydrogens is 495 g/mol. The van der Waals surface area contributed by atoms with Crippen LogP contribution in [0.15, 0.2) is 65.7 Å². The van der Waals surface area contributed by atoms with Gasteiger partial charge in [0.05, 0.1) is 35.4 Å². The van der Waals surface area contributed by atoms with Gasteiger partial charge in [0.15, 0.2) is 11.5 Å². The molecule has 9 heteroatoms. The number of carbonyl (C=O) groups excluding carboxylic acids is 1. The first-order chi connectivity index (χ1) is 17.2. The Hall–Kier alpha value is -3.75. The first kappa shape index (κ1) is 24.0. The van der Waals surface area contributed by atoms with Gasteiger partial charge in [0, 0.05) is 42.9 Å². The molecule has 1 radical (unpaired) electrons. The molecule has 2 aliphatic heterocycles. The zero-order valence-electron chi connectivity index (χ0n) is 19.7. The minimum atomic E-state index is -0.0226. The molecule has 36 heavy (non-hydrogen) atoms. The molecule has 3 aromatic carbocycles. The third kappa shape index (κ3) is 4.45. The number of rotatable bonds is 6. The third-order valence-corrected chi connectivity index (χ3v) is 6.42. The molecule has 0 unspecified atom stereocenters. The maximum Gasteiger partial charge on any atom is 0.256 e. The van der Waals surface area contributed by atoms with Crippen LogP contribution >= 0.6 is 0 Å². The summed E-state index contributed by atoms with van der Waals surface area (Å²) in [6, 6.07) is 19.1. The maximum atomic E-state index is 13.0. The summed E-state index contributed by atoms with van der Waals surface area (Å²) in [6.45, 7) is 0.726. The number of ether oxygens (including phenoxy) is 3. The number of amides is 1. The second kappa shape index (κ2) is 10.1. The van der Waals surface area contributed by atoms with Gasteiger partial charge in [-0.2, -0.15) is 0 Å². The van der Waals surface area contributed by atoms with Gasteiger partial charge in [-0.15, -0.1) is 0 Å². The van der Waals surface area contributed by atoms with Crippen LogP contribution in [0.1, 0.15) is 23.2 Å². The fourth-order valence-electron chi connectivity index (χ4n) is 4.58. The molecule has 1 aromatic heterocycles. The summed E-state index contributed by atoms with van der Waals surface area (Å²) in [5, 5.41) is 0. The number of para-hydroxylation sites is 2. The molecule has 0 spiro atoms. The van der Waals surface area contributed by atoms with Crippen molar-refractivity contribution in [3.8, 4) is 28.6 Å². The second-order valence-corrected chi connectivity index (χ2v) is 8.54. The largest absolute Gasteiger partial charge is 0.493 e. The Morgan fingerprint density at radius 2 is 1.89 bits per heavy atom. The Morgan fingerprint density at radius 3 is 2.69 bits per heavy atom. The standard InChI is InChI=1S/C27H24N4O4.V/c1-33-24-13-20-23(28-15-18-5-4-12-31(18)27(20)32)14-25(24)35-16-34-19-10-8-17(9-11-19)26-29-21-6-2-3-7-22(21)30-26;/h2-3,6-11,13-15,18H,4-5,12,16H2,1H3,(H,29,30);/t18-;/m0./s1. The molecule has 3 heterocycles. The van der Waals surface area contributed by atoms with E-state index in [0.717, 1.165) is 41.8 Å². The van der Waals surface area contributed by atoms with Gasteiger partial charge >= 0.3 is 0 Å². The summed E-state index contributed by atoms with van der Waals surface area (Å²) >= 11 is 0. The van der Waals surface area contributed by atoms with Crippen LogP contribution in [0.5, 0.6) is 17.2 Å². The summed E-state index contributed by atoms with van der Waals surface area (Å²) in [7, 11) is 1.55. The van der Waals surface area contributed by atoms with Gasteiger partial charge in [-0.3, -0.25) is 9.79 Å². The van der Waals surface area contributed by atoms with E-state index < -0.39 is 0 Å². The quantitative estimate of drug-likeness (QED) is 0.364. The van der Waals surface area contributed by atoms with E-state index in [1.165, 1.54) is 0 Å². The predicted octanol–water partition coefficient (Wildman–Crippen LogP) is 4.97. The van der Waals surface area contributed by atoms with Gasteiger partial charge in [0.25, 0.3) is 5.91 Å². The summed E-state index contributed by atoms with van der Waals surface area (Å²) in [6.07, 6.45) is 3.78. The van der Waals surface area contributed by atoms with Gasteiger partial charge in [0.1, 0.15) is 11.6 Å². The van der Waals surface area contributed by atoms with Crippen molar-refractivity contribution in [2.75, 3.05) is 20.4 Å². The monoisotopic (exact) mass is 519 g/mol. The van der Waals surface area contributed by atoms with E-state index in [2.05, 4.69) is 15.0 Å². The van der Waals surface area contributed by atoms with Crippen molar-refractivity contribution in [2.45, 2.75) is 18.9 Å².